The Morgan fingerprint density at radius 1 is 1.05 bits per heavy atom. The van der Waals surface area contributed by atoms with Crippen LogP contribution >= 0.6 is 0 Å². The summed E-state index contributed by atoms with van der Waals surface area (Å²) in [6.07, 6.45) is 1.10. The third-order valence-corrected chi connectivity index (χ3v) is 3.31. The molecule has 6 heteroatoms. The van der Waals surface area contributed by atoms with Crippen LogP contribution in [0.3, 0.4) is 0 Å². The first-order chi connectivity index (χ1) is 9.98. The Morgan fingerprint density at radius 3 is 2.38 bits per heavy atom. The van der Waals surface area contributed by atoms with Gasteiger partial charge in [0.15, 0.2) is 11.5 Å². The lowest BCUT2D eigenvalue weighted by molar-refractivity contribution is 0.284. The van der Waals surface area contributed by atoms with Crippen molar-refractivity contribution in [2.45, 2.75) is 6.61 Å². The van der Waals surface area contributed by atoms with Crippen molar-refractivity contribution >= 4 is 15.7 Å². The number of sulfonamides is 1. The first-order valence-corrected chi connectivity index (χ1v) is 8.19. The summed E-state index contributed by atoms with van der Waals surface area (Å²) < 4.78 is 35.9. The van der Waals surface area contributed by atoms with Gasteiger partial charge in [0, 0.05) is 6.07 Å². The highest BCUT2D eigenvalue weighted by atomic mass is 32.2. The van der Waals surface area contributed by atoms with Crippen LogP contribution in [-0.4, -0.2) is 21.8 Å². The second-order valence-corrected chi connectivity index (χ2v) is 6.26. The Hall–Kier alpha value is -2.21. The Balaban J connectivity index is 2.18. The lowest BCUT2D eigenvalue weighted by Crippen LogP contribution is -2.09. The highest BCUT2D eigenvalue weighted by Gasteiger charge is 2.09. The Kier molecular flexibility index (Phi) is 4.70. The monoisotopic (exact) mass is 307 g/mol. The van der Waals surface area contributed by atoms with Gasteiger partial charge in [-0.25, -0.2) is 8.42 Å². The number of rotatable bonds is 6. The number of nitrogens with one attached hydrogen (secondary N) is 1. The molecule has 5 nitrogen and oxygen atoms in total. The summed E-state index contributed by atoms with van der Waals surface area (Å²) in [6.45, 7) is 0.375. The first-order valence-electron chi connectivity index (χ1n) is 6.30. The van der Waals surface area contributed by atoms with Crippen LogP contribution in [0.25, 0.3) is 0 Å². The van der Waals surface area contributed by atoms with Gasteiger partial charge in [0.2, 0.25) is 10.0 Å². The Bertz CT molecular complexity index is 699. The van der Waals surface area contributed by atoms with Crippen LogP contribution in [0, 0.1) is 0 Å². The molecular formula is C15H17NO4S. The third kappa shape index (κ3) is 4.68. The minimum Gasteiger partial charge on any atom is -0.493 e. The predicted octanol–water partition coefficient (Wildman–Crippen LogP) is 2.65. The average Bonchev–Trinajstić information content (AvgIpc) is 2.45. The molecule has 112 valence electrons. The van der Waals surface area contributed by atoms with Gasteiger partial charge in [0.05, 0.1) is 19.1 Å². The van der Waals surface area contributed by atoms with E-state index in [2.05, 4.69) is 4.72 Å². The molecule has 0 radical (unpaired) electrons. The van der Waals surface area contributed by atoms with E-state index >= 15 is 0 Å². The maximum Gasteiger partial charge on any atom is 0.229 e. The summed E-state index contributed by atoms with van der Waals surface area (Å²) in [4.78, 5) is 0. The van der Waals surface area contributed by atoms with Crippen LogP contribution in [-0.2, 0) is 16.6 Å². The minimum atomic E-state index is -3.33. The molecule has 0 spiro atoms. The van der Waals surface area contributed by atoms with Crippen LogP contribution in [0.2, 0.25) is 0 Å². The quantitative estimate of drug-likeness (QED) is 0.891. The van der Waals surface area contributed by atoms with Crippen molar-refractivity contribution in [3.63, 3.8) is 0 Å². The van der Waals surface area contributed by atoms with Crippen molar-refractivity contribution in [2.75, 3.05) is 18.1 Å². The van der Waals surface area contributed by atoms with Gasteiger partial charge in [0.25, 0.3) is 0 Å². The molecule has 2 aromatic carbocycles. The van der Waals surface area contributed by atoms with Crippen LogP contribution < -0.4 is 14.2 Å². The molecular weight excluding hydrogens is 290 g/mol. The van der Waals surface area contributed by atoms with E-state index in [-0.39, 0.29) is 0 Å². The van der Waals surface area contributed by atoms with E-state index in [4.69, 9.17) is 9.47 Å². The second kappa shape index (κ2) is 6.49. The molecule has 21 heavy (non-hydrogen) atoms. The van der Waals surface area contributed by atoms with Crippen molar-refractivity contribution < 1.29 is 17.9 Å². The van der Waals surface area contributed by atoms with Crippen molar-refractivity contribution in [2.24, 2.45) is 0 Å². The summed E-state index contributed by atoms with van der Waals surface area (Å²) in [7, 11) is -1.79. The fraction of sp³-hybridized carbons (Fsp3) is 0.200. The number of benzene rings is 2. The molecule has 0 bridgehead atoms. The van der Waals surface area contributed by atoms with E-state index in [1.54, 1.807) is 18.2 Å². The topological polar surface area (TPSA) is 64.6 Å². The largest absolute Gasteiger partial charge is 0.493 e. The van der Waals surface area contributed by atoms with Crippen LogP contribution in [0.5, 0.6) is 11.5 Å². The van der Waals surface area contributed by atoms with E-state index in [0.29, 0.717) is 23.8 Å². The van der Waals surface area contributed by atoms with Gasteiger partial charge in [-0.3, -0.25) is 4.72 Å². The third-order valence-electron chi connectivity index (χ3n) is 2.70. The van der Waals surface area contributed by atoms with E-state index in [1.807, 2.05) is 30.3 Å². The Labute approximate surface area is 124 Å². The lowest BCUT2D eigenvalue weighted by atomic mass is 10.2. The highest BCUT2D eigenvalue weighted by molar-refractivity contribution is 7.92. The van der Waals surface area contributed by atoms with Crippen LogP contribution in [0.15, 0.2) is 48.5 Å². The zero-order chi connectivity index (χ0) is 15.3. The van der Waals surface area contributed by atoms with Crippen molar-refractivity contribution in [1.82, 2.24) is 0 Å². The number of ether oxygens (including phenoxy) is 2. The summed E-state index contributed by atoms with van der Waals surface area (Å²) in [6, 6.07) is 14.6. The summed E-state index contributed by atoms with van der Waals surface area (Å²) in [5.74, 6) is 1.03. The van der Waals surface area contributed by atoms with E-state index in [9.17, 15) is 8.42 Å². The number of methoxy groups -OCH3 is 1. The van der Waals surface area contributed by atoms with Gasteiger partial charge in [-0.1, -0.05) is 30.3 Å². The van der Waals surface area contributed by atoms with Crippen molar-refractivity contribution in [1.29, 1.82) is 0 Å². The molecule has 0 unspecified atom stereocenters. The SMILES string of the molecule is COc1ccc(NS(C)(=O)=O)cc1OCc1ccccc1. The molecule has 0 saturated carbocycles. The maximum absolute atomic E-state index is 11.3. The van der Waals surface area contributed by atoms with Crippen molar-refractivity contribution in [3.05, 3.63) is 54.1 Å². The van der Waals surface area contributed by atoms with Gasteiger partial charge in [-0.15, -0.1) is 0 Å². The molecule has 0 saturated heterocycles. The van der Waals surface area contributed by atoms with Gasteiger partial charge in [-0.2, -0.15) is 0 Å². The fourth-order valence-electron chi connectivity index (χ4n) is 1.80. The lowest BCUT2D eigenvalue weighted by Gasteiger charge is -2.13. The summed E-state index contributed by atoms with van der Waals surface area (Å²) >= 11 is 0. The van der Waals surface area contributed by atoms with Gasteiger partial charge in [0.1, 0.15) is 6.61 Å². The number of anilines is 1. The zero-order valence-electron chi connectivity index (χ0n) is 11.9. The van der Waals surface area contributed by atoms with Gasteiger partial charge >= 0.3 is 0 Å². The van der Waals surface area contributed by atoms with Crippen LogP contribution in [0.4, 0.5) is 5.69 Å². The van der Waals surface area contributed by atoms with Crippen molar-refractivity contribution in [3.8, 4) is 11.5 Å². The Morgan fingerprint density at radius 2 is 1.76 bits per heavy atom. The standard InChI is InChI=1S/C15H17NO4S/c1-19-14-9-8-13(16-21(2,17)18)10-15(14)20-11-12-6-4-3-5-7-12/h3-10,16H,11H2,1-2H3. The molecule has 0 atom stereocenters. The average molecular weight is 307 g/mol. The molecule has 0 heterocycles. The summed E-state index contributed by atoms with van der Waals surface area (Å²) in [5.41, 5.74) is 1.45. The smallest absolute Gasteiger partial charge is 0.229 e. The van der Waals surface area contributed by atoms with Crippen LogP contribution in [0.1, 0.15) is 5.56 Å². The summed E-state index contributed by atoms with van der Waals surface area (Å²) in [5, 5.41) is 0. The van der Waals surface area contributed by atoms with E-state index < -0.39 is 10.0 Å². The molecule has 1 N–H and O–H groups in total. The molecule has 0 fully saturated rings. The minimum absolute atomic E-state index is 0.375. The molecule has 2 rings (SSSR count). The van der Waals surface area contributed by atoms with Gasteiger partial charge in [-0.05, 0) is 17.7 Å². The van der Waals surface area contributed by atoms with E-state index in [0.717, 1.165) is 11.8 Å². The highest BCUT2D eigenvalue weighted by Crippen LogP contribution is 2.31. The molecule has 0 aromatic heterocycles. The normalized spacial score (nSPS) is 11.0. The van der Waals surface area contributed by atoms with E-state index in [1.165, 1.54) is 7.11 Å². The molecule has 2 aromatic rings. The molecule has 0 amide bonds. The molecule has 0 aliphatic carbocycles. The molecule has 0 aliphatic heterocycles. The number of hydrogen-bond acceptors (Lipinski definition) is 4. The predicted molar refractivity (Wildman–Crippen MR) is 82.2 cm³/mol. The maximum atomic E-state index is 11.3. The number of hydrogen-bond donors (Lipinski definition) is 1. The fourth-order valence-corrected chi connectivity index (χ4v) is 2.36. The van der Waals surface area contributed by atoms with Gasteiger partial charge < -0.3 is 9.47 Å². The molecule has 0 aliphatic rings. The first kappa shape index (κ1) is 15.2. The second-order valence-electron chi connectivity index (χ2n) is 4.51. The zero-order valence-corrected chi connectivity index (χ0v) is 12.7.